The van der Waals surface area contributed by atoms with Crippen LogP contribution >= 0.6 is 0 Å². The van der Waals surface area contributed by atoms with Gasteiger partial charge in [0.1, 0.15) is 5.41 Å². The van der Waals surface area contributed by atoms with Crippen LogP contribution in [0.1, 0.15) is 53.9 Å². The quantitative estimate of drug-likeness (QED) is 0.534. The maximum Gasteiger partial charge on any atom is 0.237 e. The fourth-order valence-corrected chi connectivity index (χ4v) is 1.80. The lowest BCUT2D eigenvalue weighted by Crippen LogP contribution is -2.49. The number of hydrogen-bond acceptors (Lipinski definition) is 2. The number of carbonyl (C=O) groups is 2. The fourth-order valence-electron chi connectivity index (χ4n) is 1.80. The summed E-state index contributed by atoms with van der Waals surface area (Å²) in [5.41, 5.74) is -0.974. The largest absolute Gasteiger partial charge is 0.355 e. The summed E-state index contributed by atoms with van der Waals surface area (Å²) in [6.45, 7) is 11.3. The van der Waals surface area contributed by atoms with Crippen LogP contribution in [0.3, 0.4) is 0 Å². The van der Waals surface area contributed by atoms with Crippen LogP contribution in [0, 0.1) is 5.41 Å². The Bertz CT molecular complexity index is 271. The maximum atomic E-state index is 12.2. The van der Waals surface area contributed by atoms with Gasteiger partial charge in [-0.15, -0.1) is 0 Å². The summed E-state index contributed by atoms with van der Waals surface area (Å²) < 4.78 is 0. The van der Waals surface area contributed by atoms with E-state index >= 15 is 0 Å². The third-order valence-electron chi connectivity index (χ3n) is 3.22. The Morgan fingerprint density at radius 1 is 1.06 bits per heavy atom. The van der Waals surface area contributed by atoms with Crippen LogP contribution in [0.2, 0.25) is 0 Å². The van der Waals surface area contributed by atoms with E-state index in [4.69, 9.17) is 0 Å². The van der Waals surface area contributed by atoms with E-state index in [1.165, 1.54) is 0 Å². The van der Waals surface area contributed by atoms with E-state index < -0.39 is 5.41 Å². The van der Waals surface area contributed by atoms with Crippen molar-refractivity contribution in [3.63, 3.8) is 0 Å². The van der Waals surface area contributed by atoms with Crippen molar-refractivity contribution in [1.29, 1.82) is 0 Å². The van der Waals surface area contributed by atoms with Gasteiger partial charge in [0.05, 0.1) is 0 Å². The Labute approximate surface area is 111 Å². The summed E-state index contributed by atoms with van der Waals surface area (Å²) in [7, 11) is 0. The molecule has 0 fully saturated rings. The molecule has 0 aliphatic rings. The van der Waals surface area contributed by atoms with Crippen LogP contribution in [0.15, 0.2) is 0 Å². The Hall–Kier alpha value is -1.06. The zero-order valence-electron chi connectivity index (χ0n) is 12.5. The van der Waals surface area contributed by atoms with Gasteiger partial charge < -0.3 is 10.2 Å². The van der Waals surface area contributed by atoms with Crippen molar-refractivity contribution < 1.29 is 9.59 Å². The molecule has 0 aliphatic carbocycles. The summed E-state index contributed by atoms with van der Waals surface area (Å²) in [6, 6.07) is 0. The van der Waals surface area contributed by atoms with Crippen molar-refractivity contribution in [3.05, 3.63) is 0 Å². The van der Waals surface area contributed by atoms with Crippen LogP contribution < -0.4 is 5.32 Å². The van der Waals surface area contributed by atoms with Gasteiger partial charge in [0, 0.05) is 19.6 Å². The first-order valence-corrected chi connectivity index (χ1v) is 6.99. The van der Waals surface area contributed by atoms with E-state index in [9.17, 15) is 9.59 Å². The Morgan fingerprint density at radius 2 is 1.61 bits per heavy atom. The number of unbranched alkanes of at least 4 members (excludes halogenated alkanes) is 2. The highest BCUT2D eigenvalue weighted by molar-refractivity contribution is 6.04. The topological polar surface area (TPSA) is 49.4 Å². The number of amides is 2. The molecule has 0 atom stereocenters. The minimum Gasteiger partial charge on any atom is -0.355 e. The Morgan fingerprint density at radius 3 is 2.06 bits per heavy atom. The molecule has 4 nitrogen and oxygen atoms in total. The second-order valence-corrected chi connectivity index (χ2v) is 5.07. The lowest BCUT2D eigenvalue weighted by molar-refractivity contribution is -0.148. The summed E-state index contributed by atoms with van der Waals surface area (Å²) in [4.78, 5) is 26.0. The van der Waals surface area contributed by atoms with Crippen LogP contribution in [-0.2, 0) is 9.59 Å². The third-order valence-corrected chi connectivity index (χ3v) is 3.22. The molecule has 0 aliphatic heterocycles. The molecule has 0 radical (unpaired) electrons. The van der Waals surface area contributed by atoms with Gasteiger partial charge in [-0.3, -0.25) is 9.59 Å². The number of hydrogen-bond donors (Lipinski definition) is 1. The first-order valence-electron chi connectivity index (χ1n) is 6.99. The lowest BCUT2D eigenvalue weighted by atomic mass is 9.90. The minimum absolute atomic E-state index is 0.0968. The second kappa shape index (κ2) is 8.11. The van der Waals surface area contributed by atoms with Gasteiger partial charge in [0.25, 0.3) is 0 Å². The molecule has 0 heterocycles. The third kappa shape index (κ3) is 4.67. The average molecular weight is 256 g/mol. The molecular weight excluding hydrogens is 228 g/mol. The molecule has 1 N–H and O–H groups in total. The van der Waals surface area contributed by atoms with E-state index in [1.54, 1.807) is 18.7 Å². The van der Waals surface area contributed by atoms with Crippen molar-refractivity contribution in [2.24, 2.45) is 5.41 Å². The first-order chi connectivity index (χ1) is 8.41. The SMILES string of the molecule is CCCCCNC(=O)C(C)(C)C(=O)N(CC)CC. The summed E-state index contributed by atoms with van der Waals surface area (Å²) >= 11 is 0. The van der Waals surface area contributed by atoms with Gasteiger partial charge in [-0.2, -0.15) is 0 Å². The van der Waals surface area contributed by atoms with Crippen LogP contribution in [-0.4, -0.2) is 36.3 Å². The Kier molecular flexibility index (Phi) is 7.64. The fraction of sp³-hybridized carbons (Fsp3) is 0.857. The molecule has 4 heteroatoms. The van der Waals surface area contributed by atoms with Gasteiger partial charge >= 0.3 is 0 Å². The maximum absolute atomic E-state index is 12.2. The normalized spacial score (nSPS) is 11.2. The highest BCUT2D eigenvalue weighted by Gasteiger charge is 2.38. The number of carbonyl (C=O) groups excluding carboxylic acids is 2. The van der Waals surface area contributed by atoms with E-state index in [0.29, 0.717) is 19.6 Å². The van der Waals surface area contributed by atoms with Gasteiger partial charge in [-0.25, -0.2) is 0 Å². The van der Waals surface area contributed by atoms with Crippen molar-refractivity contribution in [3.8, 4) is 0 Å². The standard InChI is InChI=1S/C14H28N2O2/c1-6-9-10-11-15-12(17)14(4,5)13(18)16(7-2)8-3/h6-11H2,1-5H3,(H,15,17). The monoisotopic (exact) mass is 256 g/mol. The molecule has 0 aromatic rings. The number of nitrogens with zero attached hydrogens (tertiary/aromatic N) is 1. The van der Waals surface area contributed by atoms with Crippen LogP contribution in [0.25, 0.3) is 0 Å². The van der Waals surface area contributed by atoms with Gasteiger partial charge in [-0.05, 0) is 34.1 Å². The molecule has 106 valence electrons. The highest BCUT2D eigenvalue weighted by Crippen LogP contribution is 2.19. The van der Waals surface area contributed by atoms with Crippen molar-refractivity contribution in [1.82, 2.24) is 10.2 Å². The minimum atomic E-state index is -0.974. The van der Waals surface area contributed by atoms with E-state index in [1.807, 2.05) is 13.8 Å². The summed E-state index contributed by atoms with van der Waals surface area (Å²) in [6.07, 6.45) is 3.19. The van der Waals surface area contributed by atoms with Crippen molar-refractivity contribution in [2.45, 2.75) is 53.9 Å². The molecule has 0 rings (SSSR count). The van der Waals surface area contributed by atoms with Gasteiger partial charge in [0.2, 0.25) is 11.8 Å². The van der Waals surface area contributed by atoms with Crippen LogP contribution in [0.5, 0.6) is 0 Å². The second-order valence-electron chi connectivity index (χ2n) is 5.07. The Balaban J connectivity index is 4.41. The van der Waals surface area contributed by atoms with Crippen LogP contribution in [0.4, 0.5) is 0 Å². The van der Waals surface area contributed by atoms with E-state index in [0.717, 1.165) is 19.3 Å². The molecule has 0 aromatic carbocycles. The number of nitrogens with one attached hydrogen (secondary N) is 1. The first kappa shape index (κ1) is 16.9. The highest BCUT2D eigenvalue weighted by atomic mass is 16.2. The molecule has 2 amide bonds. The summed E-state index contributed by atoms with van der Waals surface area (Å²) in [5, 5.41) is 2.86. The van der Waals surface area contributed by atoms with Crippen molar-refractivity contribution in [2.75, 3.05) is 19.6 Å². The predicted octanol–water partition coefficient (Wildman–Crippen LogP) is 2.19. The summed E-state index contributed by atoms with van der Waals surface area (Å²) in [5.74, 6) is -0.268. The molecule has 0 saturated heterocycles. The number of rotatable bonds is 8. The van der Waals surface area contributed by atoms with E-state index in [-0.39, 0.29) is 11.8 Å². The molecule has 0 unspecified atom stereocenters. The zero-order chi connectivity index (χ0) is 14.2. The molecule has 0 aromatic heterocycles. The van der Waals surface area contributed by atoms with Crippen molar-refractivity contribution >= 4 is 11.8 Å². The molecule has 0 bridgehead atoms. The zero-order valence-corrected chi connectivity index (χ0v) is 12.5. The molecular formula is C14H28N2O2. The smallest absolute Gasteiger partial charge is 0.237 e. The molecule has 0 saturated carbocycles. The lowest BCUT2D eigenvalue weighted by Gasteiger charge is -2.29. The van der Waals surface area contributed by atoms with E-state index in [2.05, 4.69) is 12.2 Å². The van der Waals surface area contributed by atoms with Gasteiger partial charge in [-0.1, -0.05) is 19.8 Å². The molecule has 0 spiro atoms. The van der Waals surface area contributed by atoms with Gasteiger partial charge in [0.15, 0.2) is 0 Å². The average Bonchev–Trinajstić information content (AvgIpc) is 2.35. The molecule has 18 heavy (non-hydrogen) atoms. The predicted molar refractivity (Wildman–Crippen MR) is 74.2 cm³/mol.